The monoisotopic (exact) mass is 590 g/mol. The van der Waals surface area contributed by atoms with Crippen molar-refractivity contribution in [3.8, 4) is 0 Å². The van der Waals surface area contributed by atoms with Crippen LogP contribution in [0.1, 0.15) is 53.4 Å². The minimum absolute atomic E-state index is 0. The topological polar surface area (TPSA) is 18.5 Å². The summed E-state index contributed by atoms with van der Waals surface area (Å²) >= 11 is 13.5. The zero-order chi connectivity index (χ0) is 23.8. The largest absolute Gasteiger partial charge is 0.415 e. The van der Waals surface area contributed by atoms with E-state index in [1.54, 1.807) is 0 Å². The summed E-state index contributed by atoms with van der Waals surface area (Å²) in [4.78, 5) is 0. The third kappa shape index (κ3) is 8.47. The third-order valence-corrected chi connectivity index (χ3v) is 8.70. The van der Waals surface area contributed by atoms with Crippen molar-refractivity contribution in [1.29, 1.82) is 0 Å². The first-order valence-electron chi connectivity index (χ1n) is 11.5. The fourth-order valence-electron chi connectivity index (χ4n) is 4.88. The van der Waals surface area contributed by atoms with Crippen LogP contribution in [0.2, 0.25) is 39.3 Å². The van der Waals surface area contributed by atoms with E-state index in [2.05, 4.69) is 79.1 Å². The molecule has 0 aromatic rings. The van der Waals surface area contributed by atoms with E-state index in [9.17, 15) is 0 Å². The van der Waals surface area contributed by atoms with Crippen LogP contribution in [0.3, 0.4) is 0 Å². The van der Waals surface area contributed by atoms with E-state index >= 15 is 0 Å². The van der Waals surface area contributed by atoms with Crippen molar-refractivity contribution in [3.05, 3.63) is 44.5 Å². The first-order chi connectivity index (χ1) is 14.0. The Labute approximate surface area is 228 Å². The van der Waals surface area contributed by atoms with Crippen LogP contribution in [0.5, 0.6) is 0 Å². The van der Waals surface area contributed by atoms with Gasteiger partial charge < -0.3 is 8.85 Å². The smallest absolute Gasteiger partial charge is 0.184 e. The maximum atomic E-state index is 6.73. The number of halogens is 2. The van der Waals surface area contributed by atoms with Crippen molar-refractivity contribution in [2.45, 2.75) is 105 Å². The standard InChI is InChI=1S/C25H42Cl2O2Si2.Zr/c1-17(28-30(5,6)7)15-19-21(11-13-23(19)26)25(3,4)22-12-14-24(27)20(22)16-18(2)29-31(8,9)10;/h11-12,17-18H,13-16H2,1-10H3;. The zero-order valence-corrected chi connectivity index (χ0v) is 27.7. The van der Waals surface area contributed by atoms with Crippen molar-refractivity contribution < 1.29 is 35.1 Å². The van der Waals surface area contributed by atoms with Gasteiger partial charge in [-0.1, -0.05) is 49.2 Å². The molecule has 2 rings (SSSR count). The van der Waals surface area contributed by atoms with E-state index < -0.39 is 16.6 Å². The first kappa shape index (κ1) is 30.8. The molecule has 7 heteroatoms. The van der Waals surface area contributed by atoms with E-state index in [1.807, 2.05) is 0 Å². The zero-order valence-electron chi connectivity index (χ0n) is 21.7. The summed E-state index contributed by atoms with van der Waals surface area (Å²) in [5.41, 5.74) is 5.02. The molecule has 2 unspecified atom stereocenters. The fraction of sp³-hybridized carbons (Fsp3) is 0.680. The van der Waals surface area contributed by atoms with Gasteiger partial charge in [0.25, 0.3) is 0 Å². The van der Waals surface area contributed by atoms with E-state index in [0.29, 0.717) is 0 Å². The SMILES string of the molecule is CC(CC1=C(Cl)CC=C1C(C)(C)C1=CCC(Cl)=C1CC(C)O[Si](C)(C)C)O[Si](C)(C)C.[Zr]. The number of rotatable bonds is 10. The van der Waals surface area contributed by atoms with Gasteiger partial charge in [0.15, 0.2) is 16.6 Å². The van der Waals surface area contributed by atoms with Gasteiger partial charge in [-0.25, -0.2) is 0 Å². The molecule has 0 heterocycles. The predicted octanol–water partition coefficient (Wildman–Crippen LogP) is 8.92. The van der Waals surface area contributed by atoms with E-state index in [0.717, 1.165) is 35.7 Å². The molecule has 0 fully saturated rings. The second-order valence-electron chi connectivity index (χ2n) is 11.5. The van der Waals surface area contributed by atoms with Gasteiger partial charge in [0.2, 0.25) is 0 Å². The van der Waals surface area contributed by atoms with Crippen LogP contribution in [0.4, 0.5) is 0 Å². The summed E-state index contributed by atoms with van der Waals surface area (Å²) < 4.78 is 12.7. The molecule has 0 saturated heterocycles. The molecule has 180 valence electrons. The van der Waals surface area contributed by atoms with Gasteiger partial charge in [0.1, 0.15) is 0 Å². The summed E-state index contributed by atoms with van der Waals surface area (Å²) in [5.74, 6) is 0. The van der Waals surface area contributed by atoms with Gasteiger partial charge in [-0.3, -0.25) is 0 Å². The normalized spacial score (nSPS) is 19.8. The average molecular weight is 593 g/mol. The molecule has 0 saturated carbocycles. The van der Waals surface area contributed by atoms with Crippen LogP contribution in [-0.2, 0) is 35.1 Å². The van der Waals surface area contributed by atoms with Crippen LogP contribution in [-0.4, -0.2) is 28.8 Å². The van der Waals surface area contributed by atoms with Crippen molar-refractivity contribution in [2.24, 2.45) is 5.41 Å². The van der Waals surface area contributed by atoms with Crippen LogP contribution >= 0.6 is 23.2 Å². The molecule has 0 spiro atoms. The summed E-state index contributed by atoms with van der Waals surface area (Å²) in [5, 5.41) is 1.92. The molecule has 0 amide bonds. The molecule has 0 aromatic heterocycles. The second kappa shape index (κ2) is 11.7. The Morgan fingerprint density at radius 2 is 1.09 bits per heavy atom. The average Bonchev–Trinajstić information content (AvgIpc) is 3.08. The third-order valence-electron chi connectivity index (χ3n) is 5.72. The quantitative estimate of drug-likeness (QED) is 0.236. The van der Waals surface area contributed by atoms with Crippen LogP contribution in [0.25, 0.3) is 0 Å². The molecule has 0 aromatic carbocycles. The van der Waals surface area contributed by atoms with Crippen molar-refractivity contribution in [2.75, 3.05) is 0 Å². The van der Waals surface area contributed by atoms with Crippen LogP contribution in [0, 0.1) is 5.41 Å². The Hall–Kier alpha value is 0.777. The molecule has 2 nitrogen and oxygen atoms in total. The van der Waals surface area contributed by atoms with Gasteiger partial charge in [0.05, 0.1) is 0 Å². The molecule has 0 radical (unpaired) electrons. The molecule has 2 aliphatic carbocycles. The fourth-order valence-corrected chi connectivity index (χ4v) is 7.98. The van der Waals surface area contributed by atoms with E-state index in [1.165, 1.54) is 22.3 Å². The minimum Gasteiger partial charge on any atom is -0.415 e. The second-order valence-corrected chi connectivity index (χ2v) is 21.4. The molecule has 2 aliphatic rings. The van der Waals surface area contributed by atoms with Gasteiger partial charge in [-0.05, 0) is 88.3 Å². The number of allylic oxidation sites excluding steroid dienone is 6. The van der Waals surface area contributed by atoms with Crippen molar-refractivity contribution in [3.63, 3.8) is 0 Å². The Kier molecular flexibility index (Phi) is 11.2. The minimum atomic E-state index is -1.60. The van der Waals surface area contributed by atoms with Crippen molar-refractivity contribution >= 4 is 39.8 Å². The van der Waals surface area contributed by atoms with E-state index in [4.69, 9.17) is 32.1 Å². The summed E-state index contributed by atoms with van der Waals surface area (Å²) in [6.45, 7) is 22.4. The Morgan fingerprint density at radius 1 is 0.781 bits per heavy atom. The van der Waals surface area contributed by atoms with Crippen LogP contribution in [0.15, 0.2) is 44.5 Å². The summed E-state index contributed by atoms with van der Waals surface area (Å²) in [7, 11) is -3.20. The molecule has 32 heavy (non-hydrogen) atoms. The van der Waals surface area contributed by atoms with Gasteiger partial charge in [-0.2, -0.15) is 0 Å². The molecule has 0 aliphatic heterocycles. The molecule has 0 bridgehead atoms. The summed E-state index contributed by atoms with van der Waals surface area (Å²) in [6, 6.07) is 0. The Bertz CT molecular complexity index is 749. The van der Waals surface area contributed by atoms with Gasteiger partial charge in [-0.15, -0.1) is 0 Å². The maximum absolute atomic E-state index is 6.73. The number of hydrogen-bond donors (Lipinski definition) is 0. The summed E-state index contributed by atoms with van der Waals surface area (Å²) in [6.07, 6.45) is 8.27. The van der Waals surface area contributed by atoms with Crippen LogP contribution < -0.4 is 0 Å². The number of hydrogen-bond acceptors (Lipinski definition) is 2. The molecule has 2 atom stereocenters. The molecule has 0 N–H and O–H groups in total. The van der Waals surface area contributed by atoms with Gasteiger partial charge >= 0.3 is 0 Å². The Balaban J connectivity index is 0.00000512. The van der Waals surface area contributed by atoms with E-state index in [-0.39, 0.29) is 43.8 Å². The Morgan fingerprint density at radius 3 is 1.38 bits per heavy atom. The predicted molar refractivity (Wildman–Crippen MR) is 142 cm³/mol. The first-order valence-corrected chi connectivity index (χ1v) is 19.1. The molecular formula is C25H42Cl2O2Si2Zr. The maximum Gasteiger partial charge on any atom is 0.184 e. The van der Waals surface area contributed by atoms with Gasteiger partial charge in [0, 0.05) is 66.7 Å². The van der Waals surface area contributed by atoms with Crippen molar-refractivity contribution in [1.82, 2.24) is 0 Å². The molecular weight excluding hydrogens is 551 g/mol.